The number of furan rings is 1. The molecule has 0 bridgehead atoms. The first-order valence-electron chi connectivity index (χ1n) is 14.6. The molecule has 2 heterocycles. The van der Waals surface area contributed by atoms with E-state index in [-0.39, 0.29) is 0 Å². The molecule has 43 heavy (non-hydrogen) atoms. The Bertz CT molecular complexity index is 2040. The number of aromatic nitrogens is 3. The topological polar surface area (TPSA) is 51.8 Å². The summed E-state index contributed by atoms with van der Waals surface area (Å²) in [4.78, 5) is 14.9. The predicted octanol–water partition coefficient (Wildman–Crippen LogP) is 9.77. The minimum absolute atomic E-state index is 0.634. The number of fused-ring (bicyclic) bond motifs is 3. The molecule has 0 unspecified atom stereocenters. The van der Waals surface area contributed by atoms with Gasteiger partial charge in [-0.3, -0.25) is 0 Å². The average Bonchev–Trinajstić information content (AvgIpc) is 3.47. The monoisotopic (exact) mass is 553 g/mol. The second-order valence-electron chi connectivity index (χ2n) is 10.8. The predicted molar refractivity (Wildman–Crippen MR) is 174 cm³/mol. The molecule has 4 nitrogen and oxygen atoms in total. The average molecular weight is 554 g/mol. The molecule has 5 aromatic carbocycles. The summed E-state index contributed by atoms with van der Waals surface area (Å²) in [5.41, 5.74) is 9.78. The number of hydrogen-bond acceptors (Lipinski definition) is 4. The van der Waals surface area contributed by atoms with Crippen LogP contribution in [-0.4, -0.2) is 15.0 Å². The lowest BCUT2D eigenvalue weighted by Gasteiger charge is -2.14. The van der Waals surface area contributed by atoms with E-state index in [4.69, 9.17) is 19.4 Å². The quantitative estimate of drug-likeness (QED) is 0.213. The molecule has 4 heteroatoms. The fraction of sp³-hybridized carbons (Fsp3) is 0.0513. The summed E-state index contributed by atoms with van der Waals surface area (Å²) >= 11 is 0. The Hall–Kier alpha value is -5.61. The molecule has 7 aromatic rings. The van der Waals surface area contributed by atoms with Gasteiger partial charge in [0.2, 0.25) is 0 Å². The van der Waals surface area contributed by atoms with Gasteiger partial charge in [0.05, 0.1) is 0 Å². The van der Waals surface area contributed by atoms with Crippen LogP contribution in [0.1, 0.15) is 23.3 Å². The van der Waals surface area contributed by atoms with Gasteiger partial charge in [-0.2, -0.15) is 0 Å². The lowest BCUT2D eigenvalue weighted by Crippen LogP contribution is -2.01. The van der Waals surface area contributed by atoms with Crippen LogP contribution < -0.4 is 0 Å². The zero-order valence-electron chi connectivity index (χ0n) is 23.4. The largest absolute Gasteiger partial charge is 0.460 e. The van der Waals surface area contributed by atoms with Gasteiger partial charge in [0, 0.05) is 34.1 Å². The fourth-order valence-electron chi connectivity index (χ4n) is 5.90. The Morgan fingerprint density at radius 3 is 1.60 bits per heavy atom. The first-order chi connectivity index (χ1) is 21.3. The highest BCUT2D eigenvalue weighted by atomic mass is 16.3. The van der Waals surface area contributed by atoms with Gasteiger partial charge < -0.3 is 4.42 Å². The third kappa shape index (κ3) is 4.73. The Balaban J connectivity index is 1.26. The minimum atomic E-state index is 0.634. The molecule has 0 atom stereocenters. The summed E-state index contributed by atoms with van der Waals surface area (Å²) in [6.45, 7) is 0. The molecule has 0 spiro atoms. The standard InChI is InChI=1S/C39H27N3O/c1-4-11-26(12-5-1)27-19-21-28(22-20-27)31-23-24-34-33(25-31)36-32(17-10-18-35(36)43-34)39-41-37(29-13-6-2-7-14-29)40-38(42-39)30-15-8-3-9-16-30/h1-22,25H,23-24H2. The Kier molecular flexibility index (Phi) is 6.23. The molecule has 2 aromatic heterocycles. The Labute approximate surface area is 250 Å². The van der Waals surface area contributed by atoms with Crippen LogP contribution in [-0.2, 0) is 6.42 Å². The van der Waals surface area contributed by atoms with E-state index in [1.807, 2.05) is 78.9 Å². The van der Waals surface area contributed by atoms with Crippen LogP contribution >= 0.6 is 0 Å². The number of hydrogen-bond donors (Lipinski definition) is 0. The highest BCUT2D eigenvalue weighted by Crippen LogP contribution is 2.41. The van der Waals surface area contributed by atoms with Gasteiger partial charge in [-0.1, -0.05) is 127 Å². The van der Waals surface area contributed by atoms with Gasteiger partial charge in [-0.25, -0.2) is 15.0 Å². The van der Waals surface area contributed by atoms with Crippen molar-refractivity contribution in [2.75, 3.05) is 0 Å². The normalized spacial score (nSPS) is 12.6. The van der Waals surface area contributed by atoms with Crippen molar-refractivity contribution in [3.8, 4) is 45.3 Å². The summed E-state index contributed by atoms with van der Waals surface area (Å²) < 4.78 is 6.43. The highest BCUT2D eigenvalue weighted by Gasteiger charge is 2.23. The molecule has 0 N–H and O–H groups in total. The van der Waals surface area contributed by atoms with E-state index in [1.54, 1.807) is 0 Å². The van der Waals surface area contributed by atoms with E-state index in [1.165, 1.54) is 22.3 Å². The first kappa shape index (κ1) is 25.1. The molecule has 0 fully saturated rings. The SMILES string of the molecule is C1=C(c2ccc(-c3ccccc3)cc2)CCc2oc3cccc(-c4nc(-c5ccccc5)nc(-c5ccccc5)n4)c3c21. The lowest BCUT2D eigenvalue weighted by atomic mass is 9.90. The maximum absolute atomic E-state index is 6.43. The zero-order valence-corrected chi connectivity index (χ0v) is 23.4. The van der Waals surface area contributed by atoms with E-state index >= 15 is 0 Å². The first-order valence-corrected chi connectivity index (χ1v) is 14.6. The van der Waals surface area contributed by atoms with Crippen LogP contribution in [0.25, 0.3) is 67.9 Å². The van der Waals surface area contributed by atoms with Gasteiger partial charge in [0.1, 0.15) is 11.3 Å². The zero-order chi connectivity index (χ0) is 28.6. The summed E-state index contributed by atoms with van der Waals surface area (Å²) in [7, 11) is 0. The maximum atomic E-state index is 6.43. The second-order valence-corrected chi connectivity index (χ2v) is 10.8. The molecule has 0 aliphatic heterocycles. The Morgan fingerprint density at radius 2 is 0.977 bits per heavy atom. The molecule has 0 amide bonds. The fourth-order valence-corrected chi connectivity index (χ4v) is 5.90. The number of rotatable bonds is 5. The molecule has 204 valence electrons. The summed E-state index contributed by atoms with van der Waals surface area (Å²) in [6.07, 6.45) is 4.06. The van der Waals surface area contributed by atoms with E-state index in [9.17, 15) is 0 Å². The van der Waals surface area contributed by atoms with Gasteiger partial charge >= 0.3 is 0 Å². The van der Waals surface area contributed by atoms with Crippen molar-refractivity contribution in [1.29, 1.82) is 0 Å². The van der Waals surface area contributed by atoms with Crippen LogP contribution in [0.2, 0.25) is 0 Å². The summed E-state index contributed by atoms with van der Waals surface area (Å²) in [5, 5.41) is 1.04. The van der Waals surface area contributed by atoms with Crippen LogP contribution in [0.4, 0.5) is 0 Å². The molecular weight excluding hydrogens is 526 g/mol. The van der Waals surface area contributed by atoms with Crippen LogP contribution in [0.15, 0.2) is 138 Å². The van der Waals surface area contributed by atoms with Gasteiger partial charge in [0.15, 0.2) is 17.5 Å². The van der Waals surface area contributed by atoms with Crippen molar-refractivity contribution in [3.63, 3.8) is 0 Å². The number of benzene rings is 5. The van der Waals surface area contributed by atoms with Gasteiger partial charge in [0.25, 0.3) is 0 Å². The smallest absolute Gasteiger partial charge is 0.164 e. The second kappa shape index (κ2) is 10.7. The number of aryl methyl sites for hydroxylation is 1. The molecule has 0 saturated carbocycles. The third-order valence-corrected chi connectivity index (χ3v) is 8.07. The van der Waals surface area contributed by atoms with E-state index < -0.39 is 0 Å². The molecule has 1 aliphatic carbocycles. The van der Waals surface area contributed by atoms with E-state index in [2.05, 4.69) is 60.7 Å². The highest BCUT2D eigenvalue weighted by molar-refractivity contribution is 6.03. The number of nitrogens with zero attached hydrogens (tertiary/aromatic N) is 3. The van der Waals surface area contributed by atoms with Crippen molar-refractivity contribution in [2.45, 2.75) is 12.8 Å². The van der Waals surface area contributed by atoms with E-state index in [0.29, 0.717) is 17.5 Å². The van der Waals surface area contributed by atoms with Crippen molar-refractivity contribution in [3.05, 3.63) is 150 Å². The lowest BCUT2D eigenvalue weighted by molar-refractivity contribution is 0.548. The van der Waals surface area contributed by atoms with Crippen molar-refractivity contribution < 1.29 is 4.42 Å². The van der Waals surface area contributed by atoms with Crippen molar-refractivity contribution in [2.24, 2.45) is 0 Å². The van der Waals surface area contributed by atoms with Crippen LogP contribution in [0.5, 0.6) is 0 Å². The molecule has 1 aliphatic rings. The van der Waals surface area contributed by atoms with Crippen molar-refractivity contribution >= 4 is 22.6 Å². The molecular formula is C39H27N3O. The number of allylic oxidation sites excluding steroid dienone is 1. The minimum Gasteiger partial charge on any atom is -0.460 e. The van der Waals surface area contributed by atoms with Crippen molar-refractivity contribution in [1.82, 2.24) is 15.0 Å². The van der Waals surface area contributed by atoms with Gasteiger partial charge in [-0.15, -0.1) is 0 Å². The maximum Gasteiger partial charge on any atom is 0.164 e. The van der Waals surface area contributed by atoms with Crippen LogP contribution in [0.3, 0.4) is 0 Å². The summed E-state index contributed by atoms with van der Waals surface area (Å²) in [6, 6.07) is 45.7. The third-order valence-electron chi connectivity index (χ3n) is 8.07. The Morgan fingerprint density at radius 1 is 0.442 bits per heavy atom. The van der Waals surface area contributed by atoms with E-state index in [0.717, 1.165) is 51.8 Å². The van der Waals surface area contributed by atoms with Crippen LogP contribution in [0, 0.1) is 0 Å². The molecule has 8 rings (SSSR count). The molecule has 0 saturated heterocycles. The van der Waals surface area contributed by atoms with Gasteiger partial charge in [-0.05, 0) is 40.8 Å². The summed E-state index contributed by atoms with van der Waals surface area (Å²) in [5.74, 6) is 2.93. The molecule has 0 radical (unpaired) electrons.